The summed E-state index contributed by atoms with van der Waals surface area (Å²) in [7, 11) is 1.59. The van der Waals surface area contributed by atoms with E-state index in [9.17, 15) is 4.79 Å². The fourth-order valence-electron chi connectivity index (χ4n) is 2.45. The normalized spacial score (nSPS) is 11.6. The lowest BCUT2D eigenvalue weighted by molar-refractivity contribution is -0.127. The largest absolute Gasteiger partial charge is 0.493 e. The predicted molar refractivity (Wildman–Crippen MR) is 103 cm³/mol. The molecule has 0 heterocycles. The Morgan fingerprint density at radius 3 is 2.38 bits per heavy atom. The van der Waals surface area contributed by atoms with Crippen molar-refractivity contribution in [3.05, 3.63) is 52.5 Å². The Bertz CT molecular complexity index is 740. The Kier molecular flexibility index (Phi) is 7.16. The van der Waals surface area contributed by atoms with Crippen LogP contribution in [0.25, 0.3) is 0 Å². The number of methoxy groups -OCH3 is 1. The summed E-state index contributed by atoms with van der Waals surface area (Å²) >= 11 is 6.15. The smallest absolute Gasteiger partial charge is 0.260 e. The van der Waals surface area contributed by atoms with Crippen LogP contribution in [0.2, 0.25) is 5.02 Å². The number of halogens is 1. The van der Waals surface area contributed by atoms with Gasteiger partial charge in [0.05, 0.1) is 13.7 Å². The molecule has 26 heavy (non-hydrogen) atoms. The molecule has 0 aliphatic heterocycles. The molecule has 1 atom stereocenters. The molecule has 1 amide bonds. The van der Waals surface area contributed by atoms with Crippen molar-refractivity contribution in [3.8, 4) is 17.2 Å². The second kappa shape index (κ2) is 9.34. The molecule has 2 aromatic rings. The van der Waals surface area contributed by atoms with E-state index in [1.807, 2.05) is 50.2 Å². The van der Waals surface area contributed by atoms with Gasteiger partial charge in [0.15, 0.2) is 17.6 Å². The lowest BCUT2D eigenvalue weighted by atomic mass is 10.1. The molecule has 0 fully saturated rings. The van der Waals surface area contributed by atoms with Crippen LogP contribution in [0.1, 0.15) is 18.1 Å². The van der Waals surface area contributed by atoms with E-state index >= 15 is 0 Å². The van der Waals surface area contributed by atoms with E-state index in [0.717, 1.165) is 11.1 Å². The van der Waals surface area contributed by atoms with Gasteiger partial charge in [0.25, 0.3) is 5.91 Å². The van der Waals surface area contributed by atoms with Crippen LogP contribution in [-0.4, -0.2) is 32.3 Å². The van der Waals surface area contributed by atoms with Gasteiger partial charge in [-0.05, 0) is 56.2 Å². The summed E-state index contributed by atoms with van der Waals surface area (Å²) in [6.45, 7) is 6.21. The van der Waals surface area contributed by atoms with E-state index in [4.69, 9.17) is 25.8 Å². The highest BCUT2D eigenvalue weighted by Gasteiger charge is 2.15. The maximum atomic E-state index is 12.2. The molecule has 140 valence electrons. The summed E-state index contributed by atoms with van der Waals surface area (Å²) in [4.78, 5) is 12.2. The maximum Gasteiger partial charge on any atom is 0.260 e. The van der Waals surface area contributed by atoms with Gasteiger partial charge in [-0.2, -0.15) is 0 Å². The molecule has 0 spiro atoms. The molecule has 0 aliphatic rings. The molecule has 2 rings (SSSR count). The zero-order chi connectivity index (χ0) is 19.1. The van der Waals surface area contributed by atoms with Crippen molar-refractivity contribution >= 4 is 17.5 Å². The first-order valence-corrected chi connectivity index (χ1v) is 8.77. The number of benzene rings is 2. The van der Waals surface area contributed by atoms with Crippen LogP contribution in [0.4, 0.5) is 0 Å². The number of carbonyl (C=O) groups is 1. The average Bonchev–Trinajstić information content (AvgIpc) is 2.63. The van der Waals surface area contributed by atoms with Crippen LogP contribution in [0.15, 0.2) is 36.4 Å². The number of hydrogen-bond donors (Lipinski definition) is 1. The minimum atomic E-state index is -0.624. The van der Waals surface area contributed by atoms with Crippen molar-refractivity contribution in [2.75, 3.05) is 20.3 Å². The highest BCUT2D eigenvalue weighted by molar-refractivity contribution is 6.32. The van der Waals surface area contributed by atoms with E-state index < -0.39 is 6.10 Å². The van der Waals surface area contributed by atoms with E-state index in [1.165, 1.54) is 0 Å². The zero-order valence-corrected chi connectivity index (χ0v) is 16.2. The highest BCUT2D eigenvalue weighted by atomic mass is 35.5. The molecule has 5 nitrogen and oxygen atoms in total. The molecule has 0 unspecified atom stereocenters. The zero-order valence-electron chi connectivity index (χ0n) is 15.5. The number of aryl methyl sites for hydroxylation is 2. The molecular weight excluding hydrogens is 354 g/mol. The van der Waals surface area contributed by atoms with Crippen molar-refractivity contribution < 1.29 is 19.0 Å². The fourth-order valence-corrected chi connectivity index (χ4v) is 2.56. The lowest BCUT2D eigenvalue weighted by Gasteiger charge is -2.16. The van der Waals surface area contributed by atoms with Crippen molar-refractivity contribution in [3.63, 3.8) is 0 Å². The molecule has 0 saturated carbocycles. The number of hydrogen-bond acceptors (Lipinski definition) is 4. The summed E-state index contributed by atoms with van der Waals surface area (Å²) in [6, 6.07) is 11.0. The molecule has 0 saturated heterocycles. The lowest BCUT2D eigenvalue weighted by Crippen LogP contribution is -2.38. The Hall–Kier alpha value is -2.40. The van der Waals surface area contributed by atoms with E-state index in [-0.39, 0.29) is 5.91 Å². The highest BCUT2D eigenvalue weighted by Crippen LogP contribution is 2.27. The molecule has 0 bridgehead atoms. The van der Waals surface area contributed by atoms with Gasteiger partial charge in [-0.3, -0.25) is 4.79 Å². The molecular formula is C20H24ClNO4. The number of rotatable bonds is 8. The monoisotopic (exact) mass is 377 g/mol. The van der Waals surface area contributed by atoms with Crippen LogP contribution in [0, 0.1) is 13.8 Å². The first-order chi connectivity index (χ1) is 12.4. The summed E-state index contributed by atoms with van der Waals surface area (Å²) in [5.74, 6) is 1.71. The van der Waals surface area contributed by atoms with Crippen molar-refractivity contribution in [1.29, 1.82) is 0 Å². The summed E-state index contributed by atoms with van der Waals surface area (Å²) in [5, 5.41) is 3.51. The van der Waals surface area contributed by atoms with Gasteiger partial charge < -0.3 is 19.5 Å². The van der Waals surface area contributed by atoms with Gasteiger partial charge >= 0.3 is 0 Å². The van der Waals surface area contributed by atoms with E-state index in [1.54, 1.807) is 14.0 Å². The third-order valence-electron chi connectivity index (χ3n) is 3.82. The second-order valence-corrected chi connectivity index (χ2v) is 6.30. The fraction of sp³-hybridized carbons (Fsp3) is 0.350. The van der Waals surface area contributed by atoms with Crippen LogP contribution in [0.5, 0.6) is 17.2 Å². The Balaban J connectivity index is 1.80. The summed E-state index contributed by atoms with van der Waals surface area (Å²) in [6.07, 6.45) is -0.624. The third kappa shape index (κ3) is 5.30. The average molecular weight is 378 g/mol. The van der Waals surface area contributed by atoms with Gasteiger partial charge in [0, 0.05) is 5.02 Å². The number of nitrogens with one attached hydrogen (secondary N) is 1. The van der Waals surface area contributed by atoms with Crippen LogP contribution in [0.3, 0.4) is 0 Å². The second-order valence-electron chi connectivity index (χ2n) is 5.92. The summed E-state index contributed by atoms with van der Waals surface area (Å²) < 4.78 is 16.6. The topological polar surface area (TPSA) is 56.8 Å². The quantitative estimate of drug-likeness (QED) is 0.708. The Morgan fingerprint density at radius 2 is 1.77 bits per heavy atom. The number of carbonyl (C=O) groups excluding carboxylic acids is 1. The first-order valence-electron chi connectivity index (χ1n) is 8.39. The molecule has 0 radical (unpaired) electrons. The number of amides is 1. The molecule has 0 aromatic heterocycles. The SMILES string of the molecule is COc1ccccc1OCCNC(=O)[C@H](C)Oc1cc(C)c(Cl)c(C)c1. The van der Waals surface area contributed by atoms with Crippen molar-refractivity contribution in [1.82, 2.24) is 5.32 Å². The number of ether oxygens (including phenoxy) is 3. The van der Waals surface area contributed by atoms with E-state index in [0.29, 0.717) is 35.4 Å². The van der Waals surface area contributed by atoms with Crippen LogP contribution in [-0.2, 0) is 4.79 Å². The summed E-state index contributed by atoms with van der Waals surface area (Å²) in [5.41, 5.74) is 1.83. The molecule has 1 N–H and O–H groups in total. The van der Waals surface area contributed by atoms with Gasteiger partial charge in [-0.25, -0.2) is 0 Å². The van der Waals surface area contributed by atoms with Gasteiger partial charge in [0.1, 0.15) is 12.4 Å². The van der Waals surface area contributed by atoms with Crippen LogP contribution >= 0.6 is 11.6 Å². The standard InChI is InChI=1S/C20H24ClNO4/c1-13-11-16(12-14(2)19(13)21)26-15(3)20(23)22-9-10-25-18-8-6-5-7-17(18)24-4/h5-8,11-12,15H,9-10H2,1-4H3,(H,22,23)/t15-/m0/s1. The minimum Gasteiger partial charge on any atom is -0.493 e. The van der Waals surface area contributed by atoms with Gasteiger partial charge in [-0.15, -0.1) is 0 Å². The molecule has 0 aliphatic carbocycles. The van der Waals surface area contributed by atoms with Gasteiger partial charge in [0.2, 0.25) is 0 Å². The minimum absolute atomic E-state index is 0.209. The Labute approximate surface area is 159 Å². The molecule has 2 aromatic carbocycles. The Morgan fingerprint density at radius 1 is 1.15 bits per heavy atom. The predicted octanol–water partition coefficient (Wildman–Crippen LogP) is 3.93. The maximum absolute atomic E-state index is 12.2. The van der Waals surface area contributed by atoms with Crippen molar-refractivity contribution in [2.24, 2.45) is 0 Å². The molecule has 6 heteroatoms. The first kappa shape index (κ1) is 19.9. The van der Waals surface area contributed by atoms with Crippen LogP contribution < -0.4 is 19.5 Å². The van der Waals surface area contributed by atoms with E-state index in [2.05, 4.69) is 5.32 Å². The third-order valence-corrected chi connectivity index (χ3v) is 4.42. The van der Waals surface area contributed by atoms with Gasteiger partial charge in [-0.1, -0.05) is 23.7 Å². The van der Waals surface area contributed by atoms with Crippen molar-refractivity contribution in [2.45, 2.75) is 26.9 Å². The number of para-hydroxylation sites is 2.